The summed E-state index contributed by atoms with van der Waals surface area (Å²) in [6.45, 7) is 0. The molecule has 0 nitrogen and oxygen atoms in total. The van der Waals surface area contributed by atoms with Gasteiger partial charge in [0.2, 0.25) is 0 Å². The molecule has 0 aromatic heterocycles. The fourth-order valence-electron chi connectivity index (χ4n) is 0.272. The first-order chi connectivity index (χ1) is 2.43. The van der Waals surface area contributed by atoms with Crippen molar-refractivity contribution in [3.8, 4) is 0 Å². The van der Waals surface area contributed by atoms with Crippen LogP contribution >= 0.6 is 11.6 Å². The maximum atomic E-state index is 5.40. The molecule has 0 amide bonds. The third kappa shape index (κ3) is 2.27. The second kappa shape index (κ2) is 3.11. The van der Waals surface area contributed by atoms with Gasteiger partial charge >= 0.3 is 23.1 Å². The van der Waals surface area contributed by atoms with Gasteiger partial charge < -0.3 is 0 Å². The van der Waals surface area contributed by atoms with Gasteiger partial charge in [0.15, 0.2) is 0 Å². The molecule has 0 spiro atoms. The van der Waals surface area contributed by atoms with Crippen LogP contribution in [0.4, 0.5) is 0 Å². The summed E-state index contributed by atoms with van der Waals surface area (Å²) in [6.07, 6.45) is 2.76. The molecule has 0 atom stereocenters. The van der Waals surface area contributed by atoms with E-state index in [9.17, 15) is 0 Å². The molecule has 6 heavy (non-hydrogen) atoms. The van der Waals surface area contributed by atoms with Crippen molar-refractivity contribution in [2.24, 2.45) is 5.92 Å². The predicted octanol–water partition coefficient (Wildman–Crippen LogP) is 0.719. The quantitative estimate of drug-likeness (QED) is 0.350. The number of hydrogen-bond donors (Lipinski definition) is 0. The second-order valence-electron chi connectivity index (χ2n) is 1.60. The molecule has 0 aromatic rings. The number of halogens is 1. The zero-order valence-electron chi connectivity index (χ0n) is 3.08. The van der Waals surface area contributed by atoms with Crippen LogP contribution in [-0.4, -0.2) is 28.9 Å². The fourth-order valence-corrected chi connectivity index (χ4v) is 0.581. The van der Waals surface area contributed by atoms with Crippen LogP contribution in [0.3, 0.4) is 0 Å². The monoisotopic (exact) mass is 116 g/mol. The molecule has 0 unspecified atom stereocenters. The maximum absolute atomic E-state index is 5.40. The van der Waals surface area contributed by atoms with E-state index in [-0.39, 0.29) is 23.1 Å². The summed E-state index contributed by atoms with van der Waals surface area (Å²) in [4.78, 5) is 0. The second-order valence-corrected chi connectivity index (χ2v) is 1.91. The first kappa shape index (κ1) is 7.06. The van der Waals surface area contributed by atoms with Gasteiger partial charge in [-0.15, -0.1) is 11.6 Å². The highest BCUT2D eigenvalue weighted by molar-refractivity contribution is 6.18. The van der Waals surface area contributed by atoms with E-state index in [0.717, 1.165) is 11.8 Å². The molecule has 34 valence electrons. The van der Waals surface area contributed by atoms with Gasteiger partial charge in [0.25, 0.3) is 0 Å². The van der Waals surface area contributed by atoms with Crippen molar-refractivity contribution in [1.82, 2.24) is 0 Å². The topological polar surface area (TPSA) is 0 Å². The first-order valence-electron chi connectivity index (χ1n) is 1.99. The van der Waals surface area contributed by atoms with Crippen LogP contribution in [0.5, 0.6) is 0 Å². The highest BCUT2D eigenvalue weighted by Gasteiger charge is 2.18. The van der Waals surface area contributed by atoms with Crippen LogP contribution in [0.15, 0.2) is 0 Å². The molecule has 0 N–H and O–H groups in total. The Kier molecular flexibility index (Phi) is 3.66. The Morgan fingerprint density at radius 1 is 1.50 bits per heavy atom. The van der Waals surface area contributed by atoms with E-state index in [1.165, 1.54) is 12.8 Å². The van der Waals surface area contributed by atoms with Gasteiger partial charge in [-0.3, -0.25) is 0 Å². The molecular weight excluding hydrogens is 108 g/mol. The molecule has 0 heterocycles. The Morgan fingerprint density at radius 2 is 2.00 bits per heavy atom. The van der Waals surface area contributed by atoms with Crippen LogP contribution in [0.25, 0.3) is 0 Å². The summed E-state index contributed by atoms with van der Waals surface area (Å²) in [5, 5.41) is 0. The molecule has 0 aromatic carbocycles. The SMILES string of the molecule is ClCC1CC1.[MgH2]. The molecule has 0 radical (unpaired) electrons. The summed E-state index contributed by atoms with van der Waals surface area (Å²) >= 11 is 5.40. The van der Waals surface area contributed by atoms with Crippen LogP contribution in [0, 0.1) is 5.92 Å². The fraction of sp³-hybridized carbons (Fsp3) is 1.00. The highest BCUT2D eigenvalue weighted by atomic mass is 35.5. The van der Waals surface area contributed by atoms with E-state index < -0.39 is 0 Å². The third-order valence-electron chi connectivity index (χ3n) is 0.915. The lowest BCUT2D eigenvalue weighted by Gasteiger charge is -1.70. The molecule has 2 heteroatoms. The molecule has 1 aliphatic rings. The molecule has 0 saturated heterocycles. The average Bonchev–Trinajstić information content (AvgIpc) is 2.12. The van der Waals surface area contributed by atoms with Crippen molar-refractivity contribution in [2.45, 2.75) is 12.8 Å². The Hall–Kier alpha value is 1.06. The van der Waals surface area contributed by atoms with Crippen molar-refractivity contribution in [1.29, 1.82) is 0 Å². The predicted molar refractivity (Wildman–Crippen MR) is 32.0 cm³/mol. The van der Waals surface area contributed by atoms with E-state index in [1.807, 2.05) is 0 Å². The Balaban J connectivity index is 0.000000250. The maximum Gasteiger partial charge on any atom is 0.316 e. The van der Waals surface area contributed by atoms with Crippen molar-refractivity contribution >= 4 is 34.7 Å². The minimum atomic E-state index is 0. The molecule has 0 aliphatic heterocycles. The minimum Gasteiger partial charge on any atom is -0.126 e. The van der Waals surface area contributed by atoms with Crippen LogP contribution < -0.4 is 0 Å². The highest BCUT2D eigenvalue weighted by Crippen LogP contribution is 2.29. The summed E-state index contributed by atoms with van der Waals surface area (Å²) in [5.74, 6) is 1.79. The van der Waals surface area contributed by atoms with Gasteiger partial charge in [-0.2, -0.15) is 0 Å². The molecule has 1 rings (SSSR count). The molecule has 0 bridgehead atoms. The lowest BCUT2D eigenvalue weighted by Crippen LogP contribution is -1.67. The number of alkyl halides is 1. The van der Waals surface area contributed by atoms with E-state index >= 15 is 0 Å². The van der Waals surface area contributed by atoms with Gasteiger partial charge in [0, 0.05) is 5.88 Å². The standard InChI is InChI=1S/C4H7Cl.Mg.2H/c5-3-4-1-2-4;;;/h4H,1-3H2;;;. The lowest BCUT2D eigenvalue weighted by atomic mass is 10.5. The van der Waals surface area contributed by atoms with Gasteiger partial charge in [-0.25, -0.2) is 0 Å². The molecular formula is C4H9ClMg. The van der Waals surface area contributed by atoms with Crippen LogP contribution in [0.2, 0.25) is 0 Å². The van der Waals surface area contributed by atoms with Crippen molar-refractivity contribution in [3.63, 3.8) is 0 Å². The largest absolute Gasteiger partial charge is 0.316 e. The minimum absolute atomic E-state index is 0. The number of rotatable bonds is 1. The Morgan fingerprint density at radius 3 is 2.00 bits per heavy atom. The molecule has 1 aliphatic carbocycles. The normalized spacial score (nSPS) is 19.5. The summed E-state index contributed by atoms with van der Waals surface area (Å²) in [7, 11) is 0. The van der Waals surface area contributed by atoms with Gasteiger partial charge in [-0.1, -0.05) is 0 Å². The third-order valence-corrected chi connectivity index (χ3v) is 1.35. The van der Waals surface area contributed by atoms with Crippen LogP contribution in [0.1, 0.15) is 12.8 Å². The average molecular weight is 117 g/mol. The number of hydrogen-bond acceptors (Lipinski definition) is 0. The van der Waals surface area contributed by atoms with Crippen molar-refractivity contribution in [2.75, 3.05) is 5.88 Å². The molecule has 1 saturated carbocycles. The van der Waals surface area contributed by atoms with E-state index in [1.54, 1.807) is 0 Å². The van der Waals surface area contributed by atoms with Crippen LogP contribution in [-0.2, 0) is 0 Å². The smallest absolute Gasteiger partial charge is 0.126 e. The van der Waals surface area contributed by atoms with Crippen molar-refractivity contribution < 1.29 is 0 Å². The van der Waals surface area contributed by atoms with Crippen molar-refractivity contribution in [3.05, 3.63) is 0 Å². The zero-order chi connectivity index (χ0) is 3.70. The Bertz CT molecular complexity index is 34.5. The van der Waals surface area contributed by atoms with Gasteiger partial charge in [0.05, 0.1) is 0 Å². The van der Waals surface area contributed by atoms with Gasteiger partial charge in [0.1, 0.15) is 0 Å². The molecule has 1 fully saturated rings. The first-order valence-corrected chi connectivity index (χ1v) is 2.53. The van der Waals surface area contributed by atoms with E-state index in [2.05, 4.69) is 0 Å². The lowest BCUT2D eigenvalue weighted by molar-refractivity contribution is 0.993. The zero-order valence-corrected chi connectivity index (χ0v) is 3.83. The Labute approximate surface area is 59.4 Å². The summed E-state index contributed by atoms with van der Waals surface area (Å²) in [6, 6.07) is 0. The van der Waals surface area contributed by atoms with E-state index in [0.29, 0.717) is 0 Å². The summed E-state index contributed by atoms with van der Waals surface area (Å²) in [5.41, 5.74) is 0. The summed E-state index contributed by atoms with van der Waals surface area (Å²) < 4.78 is 0. The van der Waals surface area contributed by atoms with Gasteiger partial charge in [-0.05, 0) is 18.8 Å². The van der Waals surface area contributed by atoms with E-state index in [4.69, 9.17) is 11.6 Å².